The third-order valence-electron chi connectivity index (χ3n) is 3.71. The molecule has 0 spiro atoms. The Balaban J connectivity index is 1.45. The summed E-state index contributed by atoms with van der Waals surface area (Å²) < 4.78 is 15.5. The van der Waals surface area contributed by atoms with E-state index in [1.165, 1.54) is 24.5 Å². The van der Waals surface area contributed by atoms with Crippen molar-refractivity contribution in [1.29, 1.82) is 0 Å². The van der Waals surface area contributed by atoms with Crippen LogP contribution in [0, 0.1) is 0 Å². The lowest BCUT2D eigenvalue weighted by Crippen LogP contribution is -2.43. The molecule has 0 aliphatic rings. The molecule has 3 rings (SSSR count). The van der Waals surface area contributed by atoms with E-state index in [1.807, 2.05) is 30.3 Å². The zero-order valence-corrected chi connectivity index (χ0v) is 15.3. The second kappa shape index (κ2) is 9.75. The molecule has 2 amide bonds. The summed E-state index contributed by atoms with van der Waals surface area (Å²) in [5.74, 6) is -1.48. The van der Waals surface area contributed by atoms with Crippen LogP contribution in [-0.4, -0.2) is 24.4 Å². The predicted molar refractivity (Wildman–Crippen MR) is 102 cm³/mol. The molecule has 148 valence electrons. The molecule has 0 radical (unpaired) electrons. The second-order valence-electron chi connectivity index (χ2n) is 5.86. The van der Waals surface area contributed by atoms with E-state index in [0.717, 1.165) is 5.56 Å². The van der Waals surface area contributed by atoms with Gasteiger partial charge in [-0.05, 0) is 35.9 Å². The Morgan fingerprint density at radius 2 is 1.72 bits per heavy atom. The monoisotopic (exact) mass is 394 g/mol. The number of hydrogen-bond acceptors (Lipinski definition) is 6. The number of hydrogen-bond donors (Lipinski definition) is 2. The van der Waals surface area contributed by atoms with Gasteiger partial charge in [0, 0.05) is 0 Å². The molecule has 0 aliphatic carbocycles. The van der Waals surface area contributed by atoms with Crippen molar-refractivity contribution >= 4 is 17.8 Å². The maximum atomic E-state index is 12.1. The van der Waals surface area contributed by atoms with Crippen molar-refractivity contribution in [3.63, 3.8) is 0 Å². The molecule has 0 saturated heterocycles. The SMILES string of the molecule is O=C(COC(=O)c1cccc(OCc2ccccc2)c1)NNC(=O)c1ccco1. The van der Waals surface area contributed by atoms with Crippen molar-refractivity contribution in [2.45, 2.75) is 6.61 Å². The summed E-state index contributed by atoms with van der Waals surface area (Å²) >= 11 is 0. The van der Waals surface area contributed by atoms with Crippen LogP contribution >= 0.6 is 0 Å². The van der Waals surface area contributed by atoms with Gasteiger partial charge in [0.15, 0.2) is 12.4 Å². The van der Waals surface area contributed by atoms with Crippen LogP contribution in [0.15, 0.2) is 77.4 Å². The van der Waals surface area contributed by atoms with Gasteiger partial charge in [0.2, 0.25) is 0 Å². The van der Waals surface area contributed by atoms with Gasteiger partial charge in [-0.25, -0.2) is 4.79 Å². The smallest absolute Gasteiger partial charge is 0.338 e. The lowest BCUT2D eigenvalue weighted by Gasteiger charge is -2.09. The fraction of sp³-hybridized carbons (Fsp3) is 0.0952. The van der Waals surface area contributed by atoms with Crippen LogP contribution in [-0.2, 0) is 16.1 Å². The highest BCUT2D eigenvalue weighted by atomic mass is 16.5. The number of benzene rings is 2. The Kier molecular flexibility index (Phi) is 6.62. The lowest BCUT2D eigenvalue weighted by atomic mass is 10.2. The topological polar surface area (TPSA) is 107 Å². The molecule has 0 atom stereocenters. The van der Waals surface area contributed by atoms with E-state index in [0.29, 0.717) is 12.4 Å². The van der Waals surface area contributed by atoms with Crippen LogP contribution < -0.4 is 15.6 Å². The van der Waals surface area contributed by atoms with Crippen molar-refractivity contribution < 1.29 is 28.3 Å². The fourth-order valence-corrected chi connectivity index (χ4v) is 2.30. The minimum absolute atomic E-state index is 0.0367. The molecular weight excluding hydrogens is 376 g/mol. The van der Waals surface area contributed by atoms with E-state index >= 15 is 0 Å². The minimum atomic E-state index is -0.699. The van der Waals surface area contributed by atoms with Crippen LogP contribution in [0.4, 0.5) is 0 Å². The Labute approximate surface area is 166 Å². The fourth-order valence-electron chi connectivity index (χ4n) is 2.30. The van der Waals surface area contributed by atoms with Gasteiger partial charge in [0.25, 0.3) is 5.91 Å². The molecule has 0 aliphatic heterocycles. The number of amides is 2. The number of rotatable bonds is 7. The third-order valence-corrected chi connectivity index (χ3v) is 3.71. The van der Waals surface area contributed by atoms with Crippen LogP contribution in [0.2, 0.25) is 0 Å². The first-order valence-electron chi connectivity index (χ1n) is 8.68. The van der Waals surface area contributed by atoms with Crippen molar-refractivity contribution in [1.82, 2.24) is 10.9 Å². The Morgan fingerprint density at radius 3 is 2.48 bits per heavy atom. The van der Waals surface area contributed by atoms with E-state index in [4.69, 9.17) is 13.9 Å². The molecule has 2 N–H and O–H groups in total. The number of furan rings is 1. The van der Waals surface area contributed by atoms with Crippen molar-refractivity contribution in [3.8, 4) is 5.75 Å². The van der Waals surface area contributed by atoms with Gasteiger partial charge in [-0.3, -0.25) is 20.4 Å². The van der Waals surface area contributed by atoms with Crippen molar-refractivity contribution in [2.24, 2.45) is 0 Å². The highest BCUT2D eigenvalue weighted by Crippen LogP contribution is 2.16. The first-order chi connectivity index (χ1) is 14.1. The first kappa shape index (κ1) is 19.7. The van der Waals surface area contributed by atoms with Gasteiger partial charge < -0.3 is 13.9 Å². The van der Waals surface area contributed by atoms with Crippen molar-refractivity contribution in [2.75, 3.05) is 6.61 Å². The molecule has 1 heterocycles. The average molecular weight is 394 g/mol. The van der Waals surface area contributed by atoms with E-state index in [1.54, 1.807) is 18.2 Å². The summed E-state index contributed by atoms with van der Waals surface area (Å²) in [6.07, 6.45) is 1.33. The number of carbonyl (C=O) groups excluding carboxylic acids is 3. The van der Waals surface area contributed by atoms with Crippen LogP contribution in [0.3, 0.4) is 0 Å². The second-order valence-corrected chi connectivity index (χ2v) is 5.86. The predicted octanol–water partition coefficient (Wildman–Crippen LogP) is 2.48. The van der Waals surface area contributed by atoms with E-state index in [9.17, 15) is 14.4 Å². The maximum Gasteiger partial charge on any atom is 0.338 e. The molecule has 0 bridgehead atoms. The zero-order chi connectivity index (χ0) is 20.5. The highest BCUT2D eigenvalue weighted by Gasteiger charge is 2.13. The van der Waals surface area contributed by atoms with E-state index < -0.39 is 24.4 Å². The Hall–Kier alpha value is -4.07. The third kappa shape index (κ3) is 5.96. The molecule has 8 heteroatoms. The zero-order valence-electron chi connectivity index (χ0n) is 15.3. The number of esters is 1. The van der Waals surface area contributed by atoms with Crippen molar-refractivity contribution in [3.05, 3.63) is 89.9 Å². The summed E-state index contributed by atoms with van der Waals surface area (Å²) in [7, 11) is 0. The average Bonchev–Trinajstić information content (AvgIpc) is 3.30. The Bertz CT molecular complexity index is 970. The number of hydrazine groups is 1. The molecule has 0 fully saturated rings. The normalized spacial score (nSPS) is 10.1. The van der Waals surface area contributed by atoms with Crippen LogP contribution in [0.5, 0.6) is 5.75 Å². The molecule has 8 nitrogen and oxygen atoms in total. The Morgan fingerprint density at radius 1 is 0.897 bits per heavy atom. The summed E-state index contributed by atoms with van der Waals surface area (Å²) in [5.41, 5.74) is 5.51. The number of carbonyl (C=O) groups is 3. The van der Waals surface area contributed by atoms with Crippen LogP contribution in [0.25, 0.3) is 0 Å². The summed E-state index contributed by atoms with van der Waals surface area (Å²) in [6, 6.07) is 19.0. The largest absolute Gasteiger partial charge is 0.489 e. The standard InChI is InChI=1S/C21H18N2O6/c24-19(22-23-20(25)18-10-5-11-27-18)14-29-21(26)16-8-4-9-17(12-16)28-13-15-6-2-1-3-7-15/h1-12H,13-14H2,(H,22,24)(H,23,25). The van der Waals surface area contributed by atoms with E-state index in [-0.39, 0.29) is 11.3 Å². The molecule has 0 saturated carbocycles. The van der Waals surface area contributed by atoms with Gasteiger partial charge in [-0.15, -0.1) is 0 Å². The molecule has 0 unspecified atom stereocenters. The van der Waals surface area contributed by atoms with Gasteiger partial charge in [-0.2, -0.15) is 0 Å². The molecule has 29 heavy (non-hydrogen) atoms. The highest BCUT2D eigenvalue weighted by molar-refractivity contribution is 5.94. The number of ether oxygens (including phenoxy) is 2. The molecule has 1 aromatic heterocycles. The van der Waals surface area contributed by atoms with Gasteiger partial charge in [0.05, 0.1) is 11.8 Å². The van der Waals surface area contributed by atoms with Gasteiger partial charge >= 0.3 is 11.9 Å². The quantitative estimate of drug-likeness (QED) is 0.471. The number of nitrogens with one attached hydrogen (secondary N) is 2. The van der Waals surface area contributed by atoms with Gasteiger partial charge in [-0.1, -0.05) is 36.4 Å². The minimum Gasteiger partial charge on any atom is -0.489 e. The summed E-state index contributed by atoms with van der Waals surface area (Å²) in [4.78, 5) is 35.5. The first-order valence-corrected chi connectivity index (χ1v) is 8.68. The lowest BCUT2D eigenvalue weighted by molar-refractivity contribution is -0.125. The van der Waals surface area contributed by atoms with Crippen LogP contribution in [0.1, 0.15) is 26.5 Å². The summed E-state index contributed by atoms with van der Waals surface area (Å²) in [6.45, 7) is -0.205. The summed E-state index contributed by atoms with van der Waals surface area (Å²) in [5, 5.41) is 0. The van der Waals surface area contributed by atoms with E-state index in [2.05, 4.69) is 10.9 Å². The van der Waals surface area contributed by atoms with Gasteiger partial charge in [0.1, 0.15) is 12.4 Å². The molecular formula is C21H18N2O6. The molecule has 3 aromatic rings. The maximum absolute atomic E-state index is 12.1. The molecule has 2 aromatic carbocycles.